The third-order valence-electron chi connectivity index (χ3n) is 3.99. The average Bonchev–Trinajstić information content (AvgIpc) is 2.79. The van der Waals surface area contributed by atoms with Crippen LogP contribution in [0.4, 0.5) is 5.69 Å². The van der Waals surface area contributed by atoms with E-state index in [0.29, 0.717) is 32.4 Å². The normalized spacial score (nSPS) is 18.1. The first kappa shape index (κ1) is 16.7. The van der Waals surface area contributed by atoms with Crippen molar-refractivity contribution in [2.75, 3.05) is 20.2 Å². The van der Waals surface area contributed by atoms with Crippen LogP contribution >= 0.6 is 0 Å². The number of non-ortho nitro benzene ring substituents is 1. The second-order valence-electron chi connectivity index (χ2n) is 5.40. The molecule has 8 nitrogen and oxygen atoms in total. The molecule has 0 radical (unpaired) electrons. The molecule has 1 aliphatic heterocycles. The van der Waals surface area contributed by atoms with E-state index >= 15 is 0 Å². The lowest BCUT2D eigenvalue weighted by Crippen LogP contribution is -2.32. The lowest BCUT2D eigenvalue weighted by Gasteiger charge is -2.21. The number of nitro benzene ring substituents is 1. The molecule has 0 bridgehead atoms. The third-order valence-corrected chi connectivity index (χ3v) is 3.99. The summed E-state index contributed by atoms with van der Waals surface area (Å²) >= 11 is 0. The van der Waals surface area contributed by atoms with Crippen LogP contribution in [0.3, 0.4) is 0 Å². The molecule has 1 fully saturated rings. The molecule has 1 N–H and O–H groups in total. The molecule has 1 heterocycles. The van der Waals surface area contributed by atoms with Gasteiger partial charge in [-0.2, -0.15) is 0 Å². The molecule has 1 atom stereocenters. The first-order valence-electron chi connectivity index (χ1n) is 7.28. The van der Waals surface area contributed by atoms with Gasteiger partial charge < -0.3 is 14.7 Å². The van der Waals surface area contributed by atoms with Gasteiger partial charge in [-0.15, -0.1) is 0 Å². The Hall–Kier alpha value is -2.64. The summed E-state index contributed by atoms with van der Waals surface area (Å²) in [7, 11) is 1.35. The molecule has 0 aliphatic carbocycles. The van der Waals surface area contributed by atoms with E-state index in [1.807, 2.05) is 0 Å². The number of carboxylic acid groups (broad SMARTS) is 1. The Kier molecular flexibility index (Phi) is 5.15. The average molecular weight is 322 g/mol. The molecule has 1 amide bonds. The van der Waals surface area contributed by atoms with E-state index in [4.69, 9.17) is 9.84 Å². The fourth-order valence-corrected chi connectivity index (χ4v) is 2.69. The predicted octanol–water partition coefficient (Wildman–Crippen LogP) is 1.93. The van der Waals surface area contributed by atoms with E-state index in [1.54, 1.807) is 4.90 Å². The van der Waals surface area contributed by atoms with Crippen LogP contribution in [0.15, 0.2) is 18.2 Å². The predicted molar refractivity (Wildman–Crippen MR) is 80.5 cm³/mol. The van der Waals surface area contributed by atoms with E-state index in [-0.39, 0.29) is 22.9 Å². The van der Waals surface area contributed by atoms with Gasteiger partial charge in [-0.05, 0) is 25.3 Å². The standard InChI is InChI=1S/C15H18N2O6/c1-23-13-9-11(17(21)22)4-5-12(13)14(18)16-7-2-3-10(6-8-16)15(19)20/h4-5,9-10H,2-3,6-8H2,1H3,(H,19,20). The quantitative estimate of drug-likeness (QED) is 0.670. The summed E-state index contributed by atoms with van der Waals surface area (Å²) in [5, 5.41) is 19.9. The maximum Gasteiger partial charge on any atom is 0.306 e. The zero-order valence-corrected chi connectivity index (χ0v) is 12.7. The van der Waals surface area contributed by atoms with Crippen molar-refractivity contribution in [3.8, 4) is 5.75 Å². The number of amides is 1. The van der Waals surface area contributed by atoms with Crippen LogP contribution in [-0.2, 0) is 4.79 Å². The molecule has 23 heavy (non-hydrogen) atoms. The van der Waals surface area contributed by atoms with Crippen LogP contribution in [-0.4, -0.2) is 47.0 Å². The first-order valence-corrected chi connectivity index (χ1v) is 7.28. The Balaban J connectivity index is 2.19. The van der Waals surface area contributed by atoms with Gasteiger partial charge in [0.1, 0.15) is 5.75 Å². The van der Waals surface area contributed by atoms with Crippen molar-refractivity contribution in [1.82, 2.24) is 4.90 Å². The number of nitrogens with zero attached hydrogens (tertiary/aromatic N) is 2. The number of carboxylic acids is 1. The second kappa shape index (κ2) is 7.08. The van der Waals surface area contributed by atoms with Crippen LogP contribution in [0.25, 0.3) is 0 Å². The fraction of sp³-hybridized carbons (Fsp3) is 0.467. The minimum Gasteiger partial charge on any atom is -0.496 e. The van der Waals surface area contributed by atoms with E-state index in [1.165, 1.54) is 25.3 Å². The van der Waals surface area contributed by atoms with E-state index < -0.39 is 16.8 Å². The van der Waals surface area contributed by atoms with Gasteiger partial charge in [0.25, 0.3) is 11.6 Å². The number of rotatable bonds is 4. The molecule has 1 unspecified atom stereocenters. The lowest BCUT2D eigenvalue weighted by molar-refractivity contribution is -0.384. The van der Waals surface area contributed by atoms with Gasteiger partial charge >= 0.3 is 5.97 Å². The van der Waals surface area contributed by atoms with Crippen molar-refractivity contribution in [3.05, 3.63) is 33.9 Å². The number of methoxy groups -OCH3 is 1. The monoisotopic (exact) mass is 322 g/mol. The Labute approximate surface area is 132 Å². The summed E-state index contributed by atoms with van der Waals surface area (Å²) in [6, 6.07) is 3.84. The highest BCUT2D eigenvalue weighted by Crippen LogP contribution is 2.27. The number of ether oxygens (including phenoxy) is 1. The SMILES string of the molecule is COc1cc([N+](=O)[O-])ccc1C(=O)N1CCCC(C(=O)O)CC1. The van der Waals surface area contributed by atoms with E-state index in [2.05, 4.69) is 0 Å². The van der Waals surface area contributed by atoms with Crippen LogP contribution in [0, 0.1) is 16.0 Å². The number of hydrogen-bond acceptors (Lipinski definition) is 5. The number of hydrogen-bond donors (Lipinski definition) is 1. The highest BCUT2D eigenvalue weighted by Gasteiger charge is 2.27. The lowest BCUT2D eigenvalue weighted by atomic mass is 10.0. The summed E-state index contributed by atoms with van der Waals surface area (Å²) in [5.41, 5.74) is 0.0899. The molecule has 0 spiro atoms. The maximum absolute atomic E-state index is 12.6. The van der Waals surface area contributed by atoms with Crippen LogP contribution < -0.4 is 4.74 Å². The second-order valence-corrected chi connectivity index (χ2v) is 5.40. The van der Waals surface area contributed by atoms with Crippen molar-refractivity contribution in [2.24, 2.45) is 5.92 Å². The molecule has 0 saturated carbocycles. The van der Waals surface area contributed by atoms with Gasteiger partial charge in [-0.25, -0.2) is 0 Å². The van der Waals surface area contributed by atoms with Gasteiger partial charge in [-0.1, -0.05) is 0 Å². The molecular weight excluding hydrogens is 304 g/mol. The summed E-state index contributed by atoms with van der Waals surface area (Å²) < 4.78 is 5.09. The van der Waals surface area contributed by atoms with Crippen molar-refractivity contribution >= 4 is 17.6 Å². The minimum atomic E-state index is -0.841. The topological polar surface area (TPSA) is 110 Å². The van der Waals surface area contributed by atoms with Crippen molar-refractivity contribution in [2.45, 2.75) is 19.3 Å². The third kappa shape index (κ3) is 3.77. The molecule has 124 valence electrons. The molecule has 1 aromatic rings. The maximum atomic E-state index is 12.6. The number of aliphatic carboxylic acids is 1. The van der Waals surface area contributed by atoms with Crippen molar-refractivity contribution in [1.29, 1.82) is 0 Å². The molecule has 1 aliphatic rings. The molecular formula is C15H18N2O6. The van der Waals surface area contributed by atoms with Gasteiger partial charge in [0.05, 0.1) is 29.6 Å². The van der Waals surface area contributed by atoms with E-state index in [9.17, 15) is 19.7 Å². The Morgan fingerprint density at radius 2 is 2.09 bits per heavy atom. The Morgan fingerprint density at radius 3 is 2.70 bits per heavy atom. The zero-order chi connectivity index (χ0) is 17.0. The number of likely N-dealkylation sites (tertiary alicyclic amines) is 1. The summed E-state index contributed by atoms with van der Waals surface area (Å²) in [5.74, 6) is -1.44. The van der Waals surface area contributed by atoms with Crippen LogP contribution in [0.1, 0.15) is 29.6 Å². The van der Waals surface area contributed by atoms with E-state index in [0.717, 1.165) is 0 Å². The Morgan fingerprint density at radius 1 is 1.35 bits per heavy atom. The largest absolute Gasteiger partial charge is 0.496 e. The molecule has 0 aromatic heterocycles. The summed E-state index contributed by atoms with van der Waals surface area (Å²) in [4.78, 5) is 35.5. The number of benzene rings is 1. The number of nitro groups is 1. The van der Waals surface area contributed by atoms with Gasteiger partial charge in [0.15, 0.2) is 0 Å². The summed E-state index contributed by atoms with van der Waals surface area (Å²) in [6.07, 6.45) is 1.55. The highest BCUT2D eigenvalue weighted by molar-refractivity contribution is 5.97. The zero-order valence-electron chi connectivity index (χ0n) is 12.7. The fourth-order valence-electron chi connectivity index (χ4n) is 2.69. The highest BCUT2D eigenvalue weighted by atomic mass is 16.6. The van der Waals surface area contributed by atoms with Crippen molar-refractivity contribution in [3.63, 3.8) is 0 Å². The summed E-state index contributed by atoms with van der Waals surface area (Å²) in [6.45, 7) is 0.804. The van der Waals surface area contributed by atoms with Crippen LogP contribution in [0.5, 0.6) is 5.75 Å². The van der Waals surface area contributed by atoms with Crippen molar-refractivity contribution < 1.29 is 24.4 Å². The van der Waals surface area contributed by atoms with Gasteiger partial charge in [0.2, 0.25) is 0 Å². The number of carbonyl (C=O) groups is 2. The van der Waals surface area contributed by atoms with Gasteiger partial charge in [0, 0.05) is 19.2 Å². The van der Waals surface area contributed by atoms with Gasteiger partial charge in [-0.3, -0.25) is 19.7 Å². The Bertz CT molecular complexity index is 630. The number of carbonyl (C=O) groups excluding carboxylic acids is 1. The molecule has 1 saturated heterocycles. The minimum absolute atomic E-state index is 0.142. The molecule has 2 rings (SSSR count). The van der Waals surface area contributed by atoms with Crippen LogP contribution in [0.2, 0.25) is 0 Å². The molecule has 8 heteroatoms. The smallest absolute Gasteiger partial charge is 0.306 e. The molecule has 1 aromatic carbocycles. The first-order chi connectivity index (χ1) is 10.9.